The SMILES string of the molecule is C=C1C[C@H]2[C@@H]3CCC4=CC(=O)CC[C@@H]4[C@H]3CC[C@]2(C)C1. The van der Waals surface area contributed by atoms with Crippen molar-refractivity contribution < 1.29 is 4.79 Å². The van der Waals surface area contributed by atoms with E-state index in [2.05, 4.69) is 13.5 Å². The van der Waals surface area contributed by atoms with Gasteiger partial charge in [-0.05, 0) is 80.1 Å². The number of hydrogen-bond donors (Lipinski definition) is 0. The van der Waals surface area contributed by atoms with E-state index >= 15 is 0 Å². The van der Waals surface area contributed by atoms with Gasteiger partial charge in [-0.25, -0.2) is 0 Å². The second-order valence-corrected chi connectivity index (χ2v) is 8.13. The highest BCUT2D eigenvalue weighted by atomic mass is 16.1. The summed E-state index contributed by atoms with van der Waals surface area (Å²) in [6.45, 7) is 6.81. The van der Waals surface area contributed by atoms with Crippen LogP contribution in [0.3, 0.4) is 0 Å². The van der Waals surface area contributed by atoms with Crippen LogP contribution in [-0.2, 0) is 4.79 Å². The highest BCUT2D eigenvalue weighted by molar-refractivity contribution is 5.91. The van der Waals surface area contributed by atoms with E-state index in [1.165, 1.54) is 49.7 Å². The first-order valence-corrected chi connectivity index (χ1v) is 8.47. The Morgan fingerprint density at radius 1 is 1.20 bits per heavy atom. The van der Waals surface area contributed by atoms with E-state index in [-0.39, 0.29) is 0 Å². The van der Waals surface area contributed by atoms with Crippen molar-refractivity contribution in [3.8, 4) is 0 Å². The van der Waals surface area contributed by atoms with Crippen molar-refractivity contribution in [2.75, 3.05) is 0 Å². The Labute approximate surface area is 122 Å². The molecule has 0 aliphatic heterocycles. The van der Waals surface area contributed by atoms with Crippen LogP contribution >= 0.6 is 0 Å². The number of hydrogen-bond acceptors (Lipinski definition) is 1. The zero-order valence-corrected chi connectivity index (χ0v) is 12.7. The molecular weight excluding hydrogens is 244 g/mol. The fourth-order valence-corrected chi connectivity index (χ4v) is 6.15. The third kappa shape index (κ3) is 1.78. The third-order valence-electron chi connectivity index (χ3n) is 6.98. The molecule has 5 atom stereocenters. The van der Waals surface area contributed by atoms with Crippen LogP contribution in [0.4, 0.5) is 0 Å². The molecule has 0 aromatic rings. The second kappa shape index (κ2) is 4.32. The molecule has 4 aliphatic carbocycles. The molecular formula is C19H26O. The lowest BCUT2D eigenvalue weighted by Crippen LogP contribution is -2.44. The van der Waals surface area contributed by atoms with Gasteiger partial charge in [0.2, 0.25) is 0 Å². The lowest BCUT2D eigenvalue weighted by Gasteiger charge is -2.52. The molecule has 3 saturated carbocycles. The number of carbonyl (C=O) groups is 1. The highest BCUT2D eigenvalue weighted by Gasteiger charge is 2.53. The highest BCUT2D eigenvalue weighted by Crippen LogP contribution is 2.62. The maximum Gasteiger partial charge on any atom is 0.155 e. The van der Waals surface area contributed by atoms with Gasteiger partial charge in [-0.15, -0.1) is 0 Å². The van der Waals surface area contributed by atoms with E-state index in [0.717, 1.165) is 36.5 Å². The average Bonchev–Trinajstić information content (AvgIpc) is 2.72. The van der Waals surface area contributed by atoms with Crippen LogP contribution < -0.4 is 0 Å². The first-order chi connectivity index (χ1) is 9.57. The van der Waals surface area contributed by atoms with Gasteiger partial charge >= 0.3 is 0 Å². The van der Waals surface area contributed by atoms with Gasteiger partial charge in [0.05, 0.1) is 0 Å². The molecule has 0 aromatic heterocycles. The van der Waals surface area contributed by atoms with Crippen LogP contribution in [0.2, 0.25) is 0 Å². The smallest absolute Gasteiger partial charge is 0.155 e. The van der Waals surface area contributed by atoms with Crippen molar-refractivity contribution in [2.45, 2.75) is 58.3 Å². The van der Waals surface area contributed by atoms with Gasteiger partial charge in [-0.2, -0.15) is 0 Å². The molecule has 0 heterocycles. The van der Waals surface area contributed by atoms with E-state index < -0.39 is 0 Å². The Hall–Kier alpha value is -0.850. The topological polar surface area (TPSA) is 17.1 Å². The maximum atomic E-state index is 11.7. The van der Waals surface area contributed by atoms with E-state index in [0.29, 0.717) is 11.2 Å². The summed E-state index contributed by atoms with van der Waals surface area (Å²) in [6.07, 6.45) is 11.8. The molecule has 108 valence electrons. The zero-order chi connectivity index (χ0) is 13.9. The van der Waals surface area contributed by atoms with E-state index in [1.807, 2.05) is 6.08 Å². The molecule has 0 N–H and O–H groups in total. The third-order valence-corrected chi connectivity index (χ3v) is 6.98. The molecule has 0 amide bonds. The van der Waals surface area contributed by atoms with Crippen LogP contribution in [0.5, 0.6) is 0 Å². The Bertz CT molecular complexity index is 500. The molecule has 0 aromatic carbocycles. The van der Waals surface area contributed by atoms with Crippen molar-refractivity contribution >= 4 is 5.78 Å². The molecule has 3 fully saturated rings. The van der Waals surface area contributed by atoms with Gasteiger partial charge in [-0.1, -0.05) is 24.6 Å². The fourth-order valence-electron chi connectivity index (χ4n) is 6.15. The van der Waals surface area contributed by atoms with Crippen molar-refractivity contribution in [2.24, 2.45) is 29.1 Å². The summed E-state index contributed by atoms with van der Waals surface area (Å²) in [4.78, 5) is 11.7. The summed E-state index contributed by atoms with van der Waals surface area (Å²) >= 11 is 0. The molecule has 0 radical (unpaired) electrons. The Kier molecular flexibility index (Phi) is 2.78. The number of allylic oxidation sites excluding steroid dienone is 2. The van der Waals surface area contributed by atoms with Crippen molar-refractivity contribution in [1.82, 2.24) is 0 Å². The molecule has 0 saturated heterocycles. The van der Waals surface area contributed by atoms with Crippen LogP contribution in [0.15, 0.2) is 23.8 Å². The minimum absolute atomic E-state index is 0.379. The summed E-state index contributed by atoms with van der Waals surface area (Å²) in [6, 6.07) is 0. The van der Waals surface area contributed by atoms with Gasteiger partial charge in [0.25, 0.3) is 0 Å². The van der Waals surface area contributed by atoms with Crippen LogP contribution in [0, 0.1) is 29.1 Å². The minimum Gasteiger partial charge on any atom is -0.295 e. The van der Waals surface area contributed by atoms with Gasteiger partial charge in [0.15, 0.2) is 5.78 Å². The molecule has 1 heteroatoms. The van der Waals surface area contributed by atoms with Gasteiger partial charge in [0.1, 0.15) is 0 Å². The molecule has 1 nitrogen and oxygen atoms in total. The van der Waals surface area contributed by atoms with Crippen LogP contribution in [0.1, 0.15) is 58.3 Å². The Morgan fingerprint density at radius 2 is 2.05 bits per heavy atom. The molecule has 0 bridgehead atoms. The second-order valence-electron chi connectivity index (χ2n) is 8.13. The number of rotatable bonds is 0. The molecule has 4 aliphatic rings. The standard InChI is InChI=1S/C19H26O/c1-12-9-18-17-5-3-13-10-14(20)4-6-15(13)16(17)7-8-19(18,2)11-12/h10,15-18H,1,3-9,11H2,2H3/t15-,16+,17+,18-,19+/m0/s1. The summed E-state index contributed by atoms with van der Waals surface area (Å²) in [7, 11) is 0. The summed E-state index contributed by atoms with van der Waals surface area (Å²) in [5, 5.41) is 0. The summed E-state index contributed by atoms with van der Waals surface area (Å²) < 4.78 is 0. The van der Waals surface area contributed by atoms with Crippen molar-refractivity contribution in [1.29, 1.82) is 0 Å². The predicted molar refractivity (Wildman–Crippen MR) is 81.2 cm³/mol. The lowest BCUT2D eigenvalue weighted by atomic mass is 9.52. The summed E-state index contributed by atoms with van der Waals surface area (Å²) in [5.74, 6) is 3.78. The number of fused-ring (bicyclic) bond motifs is 5. The van der Waals surface area contributed by atoms with Crippen LogP contribution in [0.25, 0.3) is 0 Å². The fraction of sp³-hybridized carbons (Fsp3) is 0.737. The van der Waals surface area contributed by atoms with Crippen LogP contribution in [-0.4, -0.2) is 5.78 Å². The average molecular weight is 270 g/mol. The number of carbonyl (C=O) groups excluding carboxylic acids is 1. The lowest BCUT2D eigenvalue weighted by molar-refractivity contribution is -0.116. The van der Waals surface area contributed by atoms with E-state index in [4.69, 9.17) is 0 Å². The molecule has 4 rings (SSSR count). The molecule has 20 heavy (non-hydrogen) atoms. The Balaban J connectivity index is 1.64. The molecule has 0 spiro atoms. The van der Waals surface area contributed by atoms with E-state index in [1.54, 1.807) is 0 Å². The van der Waals surface area contributed by atoms with Crippen molar-refractivity contribution in [3.63, 3.8) is 0 Å². The number of ketones is 1. The maximum absolute atomic E-state index is 11.7. The van der Waals surface area contributed by atoms with E-state index in [9.17, 15) is 4.79 Å². The Morgan fingerprint density at radius 3 is 2.90 bits per heavy atom. The molecule has 0 unspecified atom stereocenters. The van der Waals surface area contributed by atoms with Gasteiger partial charge < -0.3 is 0 Å². The normalized spacial score (nSPS) is 47.4. The largest absolute Gasteiger partial charge is 0.295 e. The summed E-state index contributed by atoms with van der Waals surface area (Å²) in [5.41, 5.74) is 3.55. The first-order valence-electron chi connectivity index (χ1n) is 8.47. The van der Waals surface area contributed by atoms with Crippen molar-refractivity contribution in [3.05, 3.63) is 23.8 Å². The minimum atomic E-state index is 0.379. The van der Waals surface area contributed by atoms with Gasteiger partial charge in [0, 0.05) is 6.42 Å². The first kappa shape index (κ1) is 12.9. The monoisotopic (exact) mass is 270 g/mol. The van der Waals surface area contributed by atoms with Gasteiger partial charge in [-0.3, -0.25) is 4.79 Å². The quantitative estimate of drug-likeness (QED) is 0.584. The zero-order valence-electron chi connectivity index (χ0n) is 12.7. The predicted octanol–water partition coefficient (Wildman–Crippen LogP) is 4.68.